The number of hydrogen-bond donors (Lipinski definition) is 2. The quantitative estimate of drug-likeness (QED) is 0.597. The highest BCUT2D eigenvalue weighted by molar-refractivity contribution is 6.37. The van der Waals surface area contributed by atoms with Crippen LogP contribution in [0.5, 0.6) is 0 Å². The molecule has 0 spiro atoms. The minimum atomic E-state index is -0.927. The van der Waals surface area contributed by atoms with E-state index in [1.165, 1.54) is 0 Å². The van der Waals surface area contributed by atoms with Crippen LogP contribution in [0.15, 0.2) is 30.3 Å². The third kappa shape index (κ3) is 3.81. The average Bonchev–Trinajstić information content (AvgIpc) is 2.59. The zero-order valence-corrected chi connectivity index (χ0v) is 17.6. The molecule has 1 aliphatic carbocycles. The molecule has 0 saturated heterocycles. The van der Waals surface area contributed by atoms with Crippen LogP contribution >= 0.6 is 23.2 Å². The lowest BCUT2D eigenvalue weighted by molar-refractivity contribution is 0.0697. The molecule has 0 amide bonds. The highest BCUT2D eigenvalue weighted by atomic mass is 35.5. The Morgan fingerprint density at radius 3 is 2.15 bits per heavy atom. The lowest BCUT2D eigenvalue weighted by Crippen LogP contribution is -2.34. The maximum absolute atomic E-state index is 11.0. The molecule has 0 saturated carbocycles. The standard InChI is InChI=1S/C22H25Cl2NO2/c1-21(2)9-10-22(3,4)18-17(21)15(23)11-16(19(18)24)25-12-13-5-7-14(8-6-13)20(26)27/h5-8,11,25H,9-10,12H2,1-4H3,(H,26,27). The second-order valence-corrected chi connectivity index (χ2v) is 9.38. The van der Waals surface area contributed by atoms with Gasteiger partial charge >= 0.3 is 5.97 Å². The molecule has 0 aromatic heterocycles. The van der Waals surface area contributed by atoms with Gasteiger partial charge in [0.05, 0.1) is 16.3 Å². The van der Waals surface area contributed by atoms with Crippen LogP contribution in [0.3, 0.4) is 0 Å². The number of nitrogens with one attached hydrogen (secondary N) is 1. The fourth-order valence-corrected chi connectivity index (χ4v) is 4.82. The van der Waals surface area contributed by atoms with Crippen LogP contribution in [0.1, 0.15) is 67.6 Å². The van der Waals surface area contributed by atoms with Crippen molar-refractivity contribution in [2.45, 2.75) is 57.9 Å². The summed E-state index contributed by atoms with van der Waals surface area (Å²) in [5.41, 5.74) is 4.32. The first kappa shape index (κ1) is 20.0. The van der Waals surface area contributed by atoms with Crippen molar-refractivity contribution < 1.29 is 9.90 Å². The number of carboxylic acid groups (broad SMARTS) is 1. The smallest absolute Gasteiger partial charge is 0.335 e. The number of anilines is 1. The van der Waals surface area contributed by atoms with Crippen LogP contribution in [0.4, 0.5) is 5.69 Å². The van der Waals surface area contributed by atoms with Crippen LogP contribution in [-0.2, 0) is 17.4 Å². The summed E-state index contributed by atoms with van der Waals surface area (Å²) >= 11 is 13.5. The van der Waals surface area contributed by atoms with Crippen molar-refractivity contribution in [1.29, 1.82) is 0 Å². The molecule has 0 heterocycles. The Labute approximate surface area is 170 Å². The lowest BCUT2D eigenvalue weighted by atomic mass is 9.63. The maximum Gasteiger partial charge on any atom is 0.335 e. The maximum atomic E-state index is 11.0. The Hall–Kier alpha value is -1.71. The fourth-order valence-electron chi connectivity index (χ4n) is 3.89. The van der Waals surface area contributed by atoms with Gasteiger partial charge in [0.25, 0.3) is 0 Å². The summed E-state index contributed by atoms with van der Waals surface area (Å²) in [4.78, 5) is 11.0. The summed E-state index contributed by atoms with van der Waals surface area (Å²) in [6, 6.07) is 8.73. The van der Waals surface area contributed by atoms with Gasteiger partial charge < -0.3 is 10.4 Å². The first-order chi connectivity index (χ1) is 12.5. The van der Waals surface area contributed by atoms with E-state index in [1.807, 2.05) is 6.07 Å². The van der Waals surface area contributed by atoms with Gasteiger partial charge in [0.15, 0.2) is 0 Å². The molecule has 0 fully saturated rings. The molecule has 0 radical (unpaired) electrons. The molecule has 27 heavy (non-hydrogen) atoms. The van der Waals surface area contributed by atoms with Gasteiger partial charge in [-0.3, -0.25) is 0 Å². The minimum absolute atomic E-state index is 0.00320. The predicted molar refractivity (Wildman–Crippen MR) is 112 cm³/mol. The van der Waals surface area contributed by atoms with Crippen molar-refractivity contribution in [2.75, 3.05) is 5.32 Å². The molecule has 0 aliphatic heterocycles. The first-order valence-corrected chi connectivity index (χ1v) is 9.87. The summed E-state index contributed by atoms with van der Waals surface area (Å²) in [7, 11) is 0. The summed E-state index contributed by atoms with van der Waals surface area (Å²) in [6.45, 7) is 9.43. The fraction of sp³-hybridized carbons (Fsp3) is 0.409. The molecule has 2 aromatic rings. The Morgan fingerprint density at radius 2 is 1.59 bits per heavy atom. The van der Waals surface area contributed by atoms with E-state index in [9.17, 15) is 4.79 Å². The monoisotopic (exact) mass is 405 g/mol. The van der Waals surface area contributed by atoms with E-state index in [0.29, 0.717) is 6.54 Å². The van der Waals surface area contributed by atoms with Crippen molar-refractivity contribution in [1.82, 2.24) is 0 Å². The van der Waals surface area contributed by atoms with Gasteiger partial charge in [0.1, 0.15) is 0 Å². The highest BCUT2D eigenvalue weighted by Gasteiger charge is 2.40. The predicted octanol–water partition coefficient (Wildman–Crippen LogP) is 6.65. The molecule has 1 aliphatic rings. The second-order valence-electron chi connectivity index (χ2n) is 8.59. The number of hydrogen-bond acceptors (Lipinski definition) is 2. The molecule has 0 bridgehead atoms. The Bertz CT molecular complexity index is 886. The molecule has 3 rings (SSSR count). The normalized spacial score (nSPS) is 17.3. The second kappa shape index (κ2) is 7.03. The molecule has 2 N–H and O–H groups in total. The molecular weight excluding hydrogens is 381 g/mol. The summed E-state index contributed by atoms with van der Waals surface area (Å²) in [6.07, 6.45) is 2.13. The van der Waals surface area contributed by atoms with Crippen molar-refractivity contribution in [2.24, 2.45) is 0 Å². The third-order valence-corrected chi connectivity index (χ3v) is 6.32. The molecule has 2 aromatic carbocycles. The number of carboxylic acids is 1. The Kier molecular flexibility index (Phi) is 5.22. The van der Waals surface area contributed by atoms with Gasteiger partial charge in [-0.1, -0.05) is 63.0 Å². The van der Waals surface area contributed by atoms with Gasteiger partial charge in [0.2, 0.25) is 0 Å². The number of aromatic carboxylic acids is 1. The molecule has 144 valence electrons. The molecular formula is C22H25Cl2NO2. The molecule has 3 nitrogen and oxygen atoms in total. The van der Waals surface area contributed by atoms with Crippen molar-refractivity contribution in [3.8, 4) is 0 Å². The van der Waals surface area contributed by atoms with Crippen molar-refractivity contribution >= 4 is 34.9 Å². The van der Waals surface area contributed by atoms with Gasteiger partial charge in [-0.05, 0) is 58.6 Å². The number of carbonyl (C=O) groups is 1. The van der Waals surface area contributed by atoms with Crippen LogP contribution in [0.2, 0.25) is 10.0 Å². The van der Waals surface area contributed by atoms with Crippen LogP contribution in [0.25, 0.3) is 0 Å². The summed E-state index contributed by atoms with van der Waals surface area (Å²) < 4.78 is 0. The highest BCUT2D eigenvalue weighted by Crippen LogP contribution is 2.52. The van der Waals surface area contributed by atoms with Crippen molar-refractivity contribution in [3.63, 3.8) is 0 Å². The number of fused-ring (bicyclic) bond motifs is 1. The minimum Gasteiger partial charge on any atom is -0.478 e. The largest absolute Gasteiger partial charge is 0.478 e. The van der Waals surface area contributed by atoms with Gasteiger partial charge in [0, 0.05) is 11.6 Å². The number of rotatable bonds is 4. The Balaban J connectivity index is 1.93. The number of benzene rings is 2. The van der Waals surface area contributed by atoms with E-state index in [4.69, 9.17) is 28.3 Å². The van der Waals surface area contributed by atoms with E-state index in [0.717, 1.165) is 45.3 Å². The van der Waals surface area contributed by atoms with E-state index in [-0.39, 0.29) is 16.4 Å². The SMILES string of the molecule is CC1(C)CCC(C)(C)c2c(Cl)c(NCc3ccc(C(=O)O)cc3)cc(Cl)c21. The topological polar surface area (TPSA) is 49.3 Å². The van der Waals surface area contributed by atoms with Gasteiger partial charge in [-0.2, -0.15) is 0 Å². The zero-order valence-electron chi connectivity index (χ0n) is 16.1. The molecule has 0 unspecified atom stereocenters. The molecule has 0 atom stereocenters. The van der Waals surface area contributed by atoms with Crippen LogP contribution < -0.4 is 5.32 Å². The van der Waals surface area contributed by atoms with Gasteiger partial charge in [-0.15, -0.1) is 0 Å². The zero-order chi connectivity index (χ0) is 20.0. The summed E-state index contributed by atoms with van der Waals surface area (Å²) in [5.74, 6) is -0.927. The molecule has 5 heteroatoms. The average molecular weight is 406 g/mol. The third-order valence-electron chi connectivity index (χ3n) is 5.63. The van der Waals surface area contributed by atoms with Gasteiger partial charge in [-0.25, -0.2) is 4.79 Å². The number of halogens is 2. The van der Waals surface area contributed by atoms with Crippen molar-refractivity contribution in [3.05, 3.63) is 62.6 Å². The van der Waals surface area contributed by atoms with E-state index >= 15 is 0 Å². The summed E-state index contributed by atoms with van der Waals surface area (Å²) in [5, 5.41) is 13.9. The van der Waals surface area contributed by atoms with E-state index < -0.39 is 5.97 Å². The van der Waals surface area contributed by atoms with Crippen LogP contribution in [0, 0.1) is 0 Å². The first-order valence-electron chi connectivity index (χ1n) is 9.12. The van der Waals surface area contributed by atoms with Crippen LogP contribution in [-0.4, -0.2) is 11.1 Å². The lowest BCUT2D eigenvalue weighted by Gasteiger charge is -2.43. The Morgan fingerprint density at radius 1 is 1.04 bits per heavy atom. The van der Waals surface area contributed by atoms with E-state index in [1.54, 1.807) is 24.3 Å². The van der Waals surface area contributed by atoms with E-state index in [2.05, 4.69) is 33.0 Å².